The first kappa shape index (κ1) is 22.9. The maximum atomic E-state index is 12.3. The average Bonchev–Trinajstić information content (AvgIpc) is 2.73. The van der Waals surface area contributed by atoms with Gasteiger partial charge in [-0.05, 0) is 48.8 Å². The molecule has 2 aromatic carbocycles. The number of rotatable bonds is 8. The van der Waals surface area contributed by atoms with Gasteiger partial charge in [0, 0.05) is 5.57 Å². The van der Waals surface area contributed by atoms with Crippen LogP contribution in [-0.2, 0) is 16.1 Å². The molecular formula is C26H31N2O2+. The smallest absolute Gasteiger partial charge is 0.337 e. The van der Waals surface area contributed by atoms with Crippen molar-refractivity contribution in [2.45, 2.75) is 20.5 Å². The Balaban J connectivity index is 2.19. The molecular weight excluding hydrogens is 372 g/mol. The van der Waals surface area contributed by atoms with Crippen molar-refractivity contribution in [3.63, 3.8) is 0 Å². The average molecular weight is 404 g/mol. The van der Waals surface area contributed by atoms with E-state index in [1.165, 1.54) is 11.1 Å². The second kappa shape index (κ2) is 10.4. The molecule has 0 saturated heterocycles. The molecule has 4 nitrogen and oxygen atoms in total. The zero-order valence-electron chi connectivity index (χ0n) is 18.6. The van der Waals surface area contributed by atoms with Gasteiger partial charge in [0.2, 0.25) is 5.71 Å². The number of esters is 1. The van der Waals surface area contributed by atoms with Gasteiger partial charge in [0.25, 0.3) is 0 Å². The van der Waals surface area contributed by atoms with E-state index in [0.717, 1.165) is 22.4 Å². The fourth-order valence-electron chi connectivity index (χ4n) is 2.93. The number of aryl methyl sites for hydroxylation is 1. The maximum absolute atomic E-state index is 12.3. The summed E-state index contributed by atoms with van der Waals surface area (Å²) in [7, 11) is 5.93. The van der Waals surface area contributed by atoms with E-state index < -0.39 is 5.97 Å². The largest absolute Gasteiger partial charge is 0.457 e. The van der Waals surface area contributed by atoms with Crippen molar-refractivity contribution in [1.82, 2.24) is 5.01 Å². The summed E-state index contributed by atoms with van der Waals surface area (Å²) in [6.45, 7) is 12.5. The van der Waals surface area contributed by atoms with E-state index in [-0.39, 0.29) is 12.2 Å². The zero-order chi connectivity index (χ0) is 22.3. The van der Waals surface area contributed by atoms with Crippen molar-refractivity contribution in [2.24, 2.45) is 0 Å². The van der Waals surface area contributed by atoms with Crippen molar-refractivity contribution >= 4 is 11.7 Å². The van der Waals surface area contributed by atoms with Crippen LogP contribution in [0.1, 0.15) is 22.3 Å². The Labute approximate surface area is 180 Å². The molecule has 0 radical (unpaired) electrons. The lowest BCUT2D eigenvalue weighted by Gasteiger charge is -2.15. The summed E-state index contributed by atoms with van der Waals surface area (Å²) in [5.41, 5.74) is 6.45. The molecule has 0 heterocycles. The van der Waals surface area contributed by atoms with Crippen LogP contribution in [0.4, 0.5) is 0 Å². The third kappa shape index (κ3) is 5.80. The molecule has 4 heteroatoms. The number of allylic oxidation sites excluding steroid dienone is 2. The van der Waals surface area contributed by atoms with E-state index in [1.807, 2.05) is 73.3 Å². The van der Waals surface area contributed by atoms with Crippen LogP contribution in [0.25, 0.3) is 0 Å². The van der Waals surface area contributed by atoms with Crippen molar-refractivity contribution in [3.05, 3.63) is 107 Å². The molecule has 2 rings (SSSR count). The van der Waals surface area contributed by atoms with Crippen molar-refractivity contribution in [2.75, 3.05) is 21.1 Å². The summed E-state index contributed by atoms with van der Waals surface area (Å²) in [5, 5.41) is 1.99. The first-order valence-corrected chi connectivity index (χ1v) is 9.84. The number of hydrogen-bond donors (Lipinski definition) is 0. The topological polar surface area (TPSA) is 32.5 Å². The van der Waals surface area contributed by atoms with Gasteiger partial charge in [0.05, 0.1) is 25.2 Å². The van der Waals surface area contributed by atoms with E-state index in [4.69, 9.17) is 4.74 Å². The van der Waals surface area contributed by atoms with Crippen LogP contribution in [0.5, 0.6) is 0 Å². The second-order valence-electron chi connectivity index (χ2n) is 7.41. The predicted octanol–water partition coefficient (Wildman–Crippen LogP) is 4.62. The Hall–Kier alpha value is -3.40. The highest BCUT2D eigenvalue weighted by molar-refractivity contribution is 6.12. The Kier molecular flexibility index (Phi) is 7.93. The quantitative estimate of drug-likeness (QED) is 0.161. The molecule has 0 atom stereocenters. The summed E-state index contributed by atoms with van der Waals surface area (Å²) in [6, 6.07) is 15.8. The third-order valence-corrected chi connectivity index (χ3v) is 5.05. The van der Waals surface area contributed by atoms with Gasteiger partial charge in [0.15, 0.2) is 7.05 Å². The number of ether oxygens (including phenoxy) is 1. The van der Waals surface area contributed by atoms with Gasteiger partial charge in [-0.1, -0.05) is 55.6 Å². The number of nitrogens with zero attached hydrogens (tertiary/aromatic N) is 2. The third-order valence-electron chi connectivity index (χ3n) is 5.05. The number of carbonyl (C=O) groups is 1. The normalized spacial score (nSPS) is 11.8. The molecule has 0 unspecified atom stereocenters. The molecule has 0 bridgehead atoms. The van der Waals surface area contributed by atoms with Gasteiger partial charge in [0.1, 0.15) is 6.61 Å². The summed E-state index contributed by atoms with van der Waals surface area (Å²) in [6.07, 6.45) is 3.47. The summed E-state index contributed by atoms with van der Waals surface area (Å²) in [4.78, 5) is 12.3. The summed E-state index contributed by atoms with van der Waals surface area (Å²) in [5.74, 6) is -0.447. The van der Waals surface area contributed by atoms with E-state index in [2.05, 4.69) is 39.1 Å². The zero-order valence-corrected chi connectivity index (χ0v) is 18.6. The van der Waals surface area contributed by atoms with Gasteiger partial charge in [-0.25, -0.2) is 4.79 Å². The molecule has 0 N–H and O–H groups in total. The Morgan fingerprint density at radius 2 is 1.63 bits per heavy atom. The monoisotopic (exact) mass is 403 g/mol. The van der Waals surface area contributed by atoms with Gasteiger partial charge in [-0.3, -0.25) is 0 Å². The lowest BCUT2D eigenvalue weighted by molar-refractivity contribution is -0.654. The van der Waals surface area contributed by atoms with Crippen LogP contribution in [0, 0.1) is 13.8 Å². The van der Waals surface area contributed by atoms with Crippen LogP contribution in [-0.4, -0.2) is 42.5 Å². The SMILES string of the molecule is C=C(/C=C\C(=C)/C(c1cccc(C)c1C)=[N+](/C)N(C)C)C(=O)OCc1ccccc1. The van der Waals surface area contributed by atoms with Gasteiger partial charge < -0.3 is 4.74 Å². The van der Waals surface area contributed by atoms with Gasteiger partial charge in [-0.15, -0.1) is 4.68 Å². The molecule has 0 spiro atoms. The van der Waals surface area contributed by atoms with Crippen molar-refractivity contribution < 1.29 is 14.2 Å². The summed E-state index contributed by atoms with van der Waals surface area (Å²) < 4.78 is 7.38. The molecule has 2 aromatic rings. The minimum absolute atomic E-state index is 0.219. The Bertz CT molecular complexity index is 999. The second-order valence-corrected chi connectivity index (χ2v) is 7.41. The number of hydrazone groups is 1. The van der Waals surface area contributed by atoms with Crippen LogP contribution in [0.15, 0.2) is 85.0 Å². The maximum Gasteiger partial charge on any atom is 0.337 e. The summed E-state index contributed by atoms with van der Waals surface area (Å²) >= 11 is 0. The van der Waals surface area contributed by atoms with E-state index >= 15 is 0 Å². The molecule has 0 fully saturated rings. The molecule has 0 aliphatic rings. The number of hydrogen-bond acceptors (Lipinski definition) is 3. The fraction of sp³-hybridized carbons (Fsp3) is 0.231. The highest BCUT2D eigenvalue weighted by atomic mass is 16.5. The van der Waals surface area contributed by atoms with Crippen LogP contribution < -0.4 is 0 Å². The molecule has 156 valence electrons. The molecule has 30 heavy (non-hydrogen) atoms. The minimum Gasteiger partial charge on any atom is -0.457 e. The minimum atomic E-state index is -0.447. The van der Waals surface area contributed by atoms with Crippen molar-refractivity contribution in [1.29, 1.82) is 0 Å². The standard InChI is InChI=1S/C26H31N2O2/c1-19-12-11-15-24(22(19)4)25(28(7)27(5)6)20(2)16-17-21(3)26(29)30-18-23-13-9-8-10-14-23/h8-17H,2-3,18H2,1,4-7H3/q+1/b17-16-,28-25+. The Morgan fingerprint density at radius 1 is 1.00 bits per heavy atom. The molecule has 0 aliphatic carbocycles. The molecule has 0 aromatic heterocycles. The number of benzene rings is 2. The highest BCUT2D eigenvalue weighted by Gasteiger charge is 2.21. The van der Waals surface area contributed by atoms with Crippen LogP contribution in [0.3, 0.4) is 0 Å². The first-order valence-electron chi connectivity index (χ1n) is 9.84. The predicted molar refractivity (Wildman–Crippen MR) is 124 cm³/mol. The molecule has 0 saturated carbocycles. The van der Waals surface area contributed by atoms with E-state index in [1.54, 1.807) is 6.08 Å². The van der Waals surface area contributed by atoms with Crippen LogP contribution >= 0.6 is 0 Å². The Morgan fingerprint density at radius 3 is 2.27 bits per heavy atom. The van der Waals surface area contributed by atoms with Gasteiger partial charge in [-0.2, -0.15) is 5.01 Å². The lowest BCUT2D eigenvalue weighted by Crippen LogP contribution is -2.32. The first-order chi connectivity index (χ1) is 14.2. The van der Waals surface area contributed by atoms with E-state index in [0.29, 0.717) is 0 Å². The number of hydrazine groups is 1. The van der Waals surface area contributed by atoms with Crippen molar-refractivity contribution in [3.8, 4) is 0 Å². The number of carbonyl (C=O) groups excluding carboxylic acids is 1. The van der Waals surface area contributed by atoms with Crippen LogP contribution in [0.2, 0.25) is 0 Å². The van der Waals surface area contributed by atoms with Gasteiger partial charge >= 0.3 is 5.97 Å². The van der Waals surface area contributed by atoms with E-state index in [9.17, 15) is 4.79 Å². The molecule has 0 amide bonds. The fourth-order valence-corrected chi connectivity index (χ4v) is 2.93. The highest BCUT2D eigenvalue weighted by Crippen LogP contribution is 2.18. The lowest BCUT2D eigenvalue weighted by atomic mass is 9.95. The molecule has 0 aliphatic heterocycles.